The van der Waals surface area contributed by atoms with E-state index in [0.29, 0.717) is 6.54 Å². The Morgan fingerprint density at radius 3 is 2.86 bits per heavy atom. The molecular weight excluding hydrogens is 303 g/mol. The van der Waals surface area contributed by atoms with Gasteiger partial charge in [0.05, 0.1) is 34.6 Å². The quantitative estimate of drug-likeness (QED) is 0.487. The minimum Gasteiger partial charge on any atom is -0.370 e. The number of nitro groups is 1. The fourth-order valence-electron chi connectivity index (χ4n) is 2.26. The van der Waals surface area contributed by atoms with Gasteiger partial charge in [-0.1, -0.05) is 0 Å². The van der Waals surface area contributed by atoms with Gasteiger partial charge in [-0.05, 0) is 13.0 Å². The predicted octanol–water partition coefficient (Wildman–Crippen LogP) is 2.20. The van der Waals surface area contributed by atoms with E-state index < -0.39 is 22.3 Å². The molecule has 2 atom stereocenters. The lowest BCUT2D eigenvalue weighted by Gasteiger charge is -2.36. The molecule has 1 amide bonds. The highest BCUT2D eigenvalue weighted by Gasteiger charge is 2.30. The Morgan fingerprint density at radius 2 is 2.29 bits per heavy atom. The normalized spacial score (nSPS) is 22.1. The first-order valence-electron chi connectivity index (χ1n) is 6.37. The molecule has 1 heterocycles. The predicted molar refractivity (Wildman–Crippen MR) is 74.0 cm³/mol. The lowest BCUT2D eigenvalue weighted by Crippen LogP contribution is -2.50. The third kappa shape index (κ3) is 3.48. The number of alkyl halides is 1. The number of carbonyl (C=O) groups is 1. The monoisotopic (exact) mass is 316 g/mol. The van der Waals surface area contributed by atoms with Gasteiger partial charge in [-0.25, -0.2) is 4.39 Å². The van der Waals surface area contributed by atoms with Gasteiger partial charge in [0, 0.05) is 19.2 Å². The fraction of sp³-hybridized carbons (Fsp3) is 0.462. The van der Waals surface area contributed by atoms with Gasteiger partial charge in [-0.2, -0.15) is 0 Å². The molecule has 21 heavy (non-hydrogen) atoms. The van der Waals surface area contributed by atoms with Gasteiger partial charge in [-0.15, -0.1) is 11.6 Å². The largest absolute Gasteiger partial charge is 0.370 e. The fourth-order valence-corrected chi connectivity index (χ4v) is 2.43. The maximum absolute atomic E-state index is 13.9. The number of carbonyl (C=O) groups excluding carboxylic acids is 1. The molecular formula is C13H14ClFN2O4. The lowest BCUT2D eigenvalue weighted by atomic mass is 10.1. The standard InChI is InChI=1S/C13H14ClFN2O4/c1-8-6-16(7-10(5-14)21-8)13(18)11-3-2-9(17(19)20)4-12(11)15/h2-4,8,10H,5-7H2,1H3. The van der Waals surface area contributed by atoms with Crippen molar-refractivity contribution < 1.29 is 18.8 Å². The average Bonchev–Trinajstić information content (AvgIpc) is 2.45. The van der Waals surface area contributed by atoms with Gasteiger partial charge >= 0.3 is 0 Å². The van der Waals surface area contributed by atoms with Crippen molar-refractivity contribution in [1.29, 1.82) is 0 Å². The third-order valence-corrected chi connectivity index (χ3v) is 3.52. The van der Waals surface area contributed by atoms with Crippen molar-refractivity contribution in [3.8, 4) is 0 Å². The molecule has 114 valence electrons. The molecule has 0 bridgehead atoms. The second kappa shape index (κ2) is 6.36. The Balaban J connectivity index is 2.21. The highest BCUT2D eigenvalue weighted by atomic mass is 35.5. The van der Waals surface area contributed by atoms with Crippen LogP contribution in [0.15, 0.2) is 18.2 Å². The van der Waals surface area contributed by atoms with Gasteiger partial charge in [0.2, 0.25) is 0 Å². The summed E-state index contributed by atoms with van der Waals surface area (Å²) in [4.78, 5) is 23.6. The van der Waals surface area contributed by atoms with Crippen LogP contribution in [0.5, 0.6) is 0 Å². The maximum Gasteiger partial charge on any atom is 0.272 e. The van der Waals surface area contributed by atoms with Crippen molar-refractivity contribution in [2.24, 2.45) is 0 Å². The average molecular weight is 317 g/mol. The number of amides is 1. The number of ether oxygens (including phenoxy) is 1. The van der Waals surface area contributed by atoms with E-state index in [1.807, 2.05) is 0 Å². The number of nitro benzene ring substituents is 1. The molecule has 2 unspecified atom stereocenters. The van der Waals surface area contributed by atoms with E-state index in [1.54, 1.807) is 6.92 Å². The molecule has 1 aliphatic heterocycles. The zero-order chi connectivity index (χ0) is 15.6. The minimum atomic E-state index is -0.907. The smallest absolute Gasteiger partial charge is 0.272 e. The highest BCUT2D eigenvalue weighted by Crippen LogP contribution is 2.20. The van der Waals surface area contributed by atoms with Crippen LogP contribution in [0.3, 0.4) is 0 Å². The Morgan fingerprint density at radius 1 is 1.57 bits per heavy atom. The number of morpholine rings is 1. The molecule has 0 aliphatic carbocycles. The number of halogens is 2. The van der Waals surface area contributed by atoms with E-state index in [1.165, 1.54) is 4.90 Å². The molecule has 0 radical (unpaired) electrons. The summed E-state index contributed by atoms with van der Waals surface area (Å²) in [6.45, 7) is 2.39. The van der Waals surface area contributed by atoms with E-state index >= 15 is 0 Å². The molecule has 2 rings (SSSR count). The first-order valence-corrected chi connectivity index (χ1v) is 6.90. The van der Waals surface area contributed by atoms with Gasteiger partial charge in [0.25, 0.3) is 11.6 Å². The summed E-state index contributed by atoms with van der Waals surface area (Å²) in [5, 5.41) is 10.6. The minimum absolute atomic E-state index is 0.192. The molecule has 1 saturated heterocycles. The van der Waals surface area contributed by atoms with Crippen LogP contribution in [-0.4, -0.2) is 46.9 Å². The van der Waals surface area contributed by atoms with Crippen LogP contribution in [0.1, 0.15) is 17.3 Å². The van der Waals surface area contributed by atoms with Crippen molar-refractivity contribution in [3.05, 3.63) is 39.7 Å². The molecule has 0 saturated carbocycles. The van der Waals surface area contributed by atoms with Crippen molar-refractivity contribution in [2.75, 3.05) is 19.0 Å². The van der Waals surface area contributed by atoms with E-state index in [0.717, 1.165) is 18.2 Å². The summed E-state index contributed by atoms with van der Waals surface area (Å²) in [6, 6.07) is 2.99. The summed E-state index contributed by atoms with van der Waals surface area (Å²) in [5.74, 6) is -1.19. The van der Waals surface area contributed by atoms with Crippen molar-refractivity contribution in [3.63, 3.8) is 0 Å². The summed E-state index contributed by atoms with van der Waals surface area (Å²) >= 11 is 5.74. The number of hydrogen-bond donors (Lipinski definition) is 0. The van der Waals surface area contributed by atoms with Gasteiger partial charge in [-0.3, -0.25) is 14.9 Å². The van der Waals surface area contributed by atoms with Crippen molar-refractivity contribution in [1.82, 2.24) is 4.90 Å². The van der Waals surface area contributed by atoms with E-state index in [4.69, 9.17) is 16.3 Å². The SMILES string of the molecule is CC1CN(C(=O)c2ccc([N+](=O)[O-])cc2F)CC(CCl)O1. The second-order valence-electron chi connectivity index (χ2n) is 4.85. The Bertz CT molecular complexity index is 569. The summed E-state index contributed by atoms with van der Waals surface area (Å²) in [5.41, 5.74) is -0.582. The number of nitrogens with zero attached hydrogens (tertiary/aromatic N) is 2. The van der Waals surface area contributed by atoms with Crippen LogP contribution in [0.4, 0.5) is 10.1 Å². The highest BCUT2D eigenvalue weighted by molar-refractivity contribution is 6.18. The zero-order valence-corrected chi connectivity index (χ0v) is 12.0. The van der Waals surface area contributed by atoms with Crippen LogP contribution < -0.4 is 0 Å². The maximum atomic E-state index is 13.9. The Hall–Kier alpha value is -1.73. The number of non-ortho nitro benzene ring substituents is 1. The summed E-state index contributed by atoms with van der Waals surface area (Å²) < 4.78 is 19.4. The van der Waals surface area contributed by atoms with Gasteiger partial charge in [0.1, 0.15) is 5.82 Å². The lowest BCUT2D eigenvalue weighted by molar-refractivity contribution is -0.385. The first-order chi connectivity index (χ1) is 9.92. The first kappa shape index (κ1) is 15.7. The Kier molecular flexibility index (Phi) is 4.74. The zero-order valence-electron chi connectivity index (χ0n) is 11.3. The molecule has 1 aliphatic rings. The molecule has 1 aromatic rings. The van der Waals surface area contributed by atoms with Crippen LogP contribution in [-0.2, 0) is 4.74 Å². The van der Waals surface area contributed by atoms with Crippen LogP contribution in [0, 0.1) is 15.9 Å². The van der Waals surface area contributed by atoms with Crippen LogP contribution >= 0.6 is 11.6 Å². The van der Waals surface area contributed by atoms with Crippen molar-refractivity contribution in [2.45, 2.75) is 19.1 Å². The molecule has 1 fully saturated rings. The number of benzene rings is 1. The van der Waals surface area contributed by atoms with E-state index in [9.17, 15) is 19.3 Å². The van der Waals surface area contributed by atoms with Crippen LogP contribution in [0.25, 0.3) is 0 Å². The second-order valence-corrected chi connectivity index (χ2v) is 5.16. The molecule has 0 N–H and O–H groups in total. The number of hydrogen-bond acceptors (Lipinski definition) is 4. The third-order valence-electron chi connectivity index (χ3n) is 3.18. The number of rotatable bonds is 3. The van der Waals surface area contributed by atoms with Crippen LogP contribution in [0.2, 0.25) is 0 Å². The van der Waals surface area contributed by atoms with Gasteiger partial charge in [0.15, 0.2) is 0 Å². The molecule has 0 aromatic heterocycles. The topological polar surface area (TPSA) is 72.7 Å². The van der Waals surface area contributed by atoms with Crippen molar-refractivity contribution >= 4 is 23.2 Å². The molecule has 0 spiro atoms. The summed E-state index contributed by atoms with van der Waals surface area (Å²) in [7, 11) is 0. The Labute approximate surface area is 125 Å². The van der Waals surface area contributed by atoms with E-state index in [2.05, 4.69) is 0 Å². The summed E-state index contributed by atoms with van der Waals surface area (Å²) in [6.07, 6.45) is -0.506. The van der Waals surface area contributed by atoms with E-state index in [-0.39, 0.29) is 30.2 Å². The molecule has 6 nitrogen and oxygen atoms in total. The molecule has 8 heteroatoms. The molecule has 1 aromatic carbocycles. The van der Waals surface area contributed by atoms with Gasteiger partial charge < -0.3 is 9.64 Å².